The van der Waals surface area contributed by atoms with Crippen molar-refractivity contribution >= 4 is 39.2 Å². The molecule has 2 N–H and O–H groups in total. The van der Waals surface area contributed by atoms with Crippen LogP contribution in [-0.2, 0) is 9.84 Å². The second kappa shape index (κ2) is 9.30. The first-order valence-electron chi connectivity index (χ1n) is 7.98. The molecule has 2 aromatic rings. The molecule has 0 unspecified atom stereocenters. The maximum Gasteiger partial charge on any atom is 0.315 e. The Bertz CT molecular complexity index is 838. The number of thioether (sulfide) groups is 1. The summed E-state index contributed by atoms with van der Waals surface area (Å²) in [6.45, 7) is 2.37. The fourth-order valence-corrected chi connectivity index (χ4v) is 3.72. The Morgan fingerprint density at radius 3 is 2.31 bits per heavy atom. The van der Waals surface area contributed by atoms with E-state index in [1.54, 1.807) is 36.0 Å². The van der Waals surface area contributed by atoms with Crippen LogP contribution in [0.1, 0.15) is 18.5 Å². The predicted octanol–water partition coefficient (Wildman–Crippen LogP) is 3.90. The second-order valence-corrected chi connectivity index (χ2v) is 9.39. The summed E-state index contributed by atoms with van der Waals surface area (Å²) >= 11 is 7.47. The van der Waals surface area contributed by atoms with E-state index in [-0.39, 0.29) is 17.0 Å². The van der Waals surface area contributed by atoms with Gasteiger partial charge in [0, 0.05) is 28.5 Å². The first-order chi connectivity index (χ1) is 12.3. The quantitative estimate of drug-likeness (QED) is 0.534. The standard InChI is InChI=1S/C18H21ClN2O3S2/c1-13(14-3-9-17(10-4-14)26(2,23)24)21-18(22)20-11-12-25-16-7-5-15(19)6-8-16/h3-10,13H,11-12H2,1-2H3,(H2,20,21,22)/t13-/m0/s1. The Balaban J connectivity index is 1.75. The van der Waals surface area contributed by atoms with Crippen LogP contribution in [0.15, 0.2) is 58.3 Å². The number of sulfone groups is 1. The van der Waals surface area contributed by atoms with Crippen molar-refractivity contribution in [3.8, 4) is 0 Å². The van der Waals surface area contributed by atoms with Gasteiger partial charge >= 0.3 is 6.03 Å². The summed E-state index contributed by atoms with van der Waals surface area (Å²) in [7, 11) is -3.22. The molecule has 0 aliphatic rings. The van der Waals surface area contributed by atoms with E-state index >= 15 is 0 Å². The van der Waals surface area contributed by atoms with Gasteiger partial charge in [-0.1, -0.05) is 23.7 Å². The maximum absolute atomic E-state index is 12.0. The van der Waals surface area contributed by atoms with Crippen LogP contribution < -0.4 is 10.6 Å². The molecule has 5 nitrogen and oxygen atoms in total. The summed E-state index contributed by atoms with van der Waals surface area (Å²) in [5, 5.41) is 6.34. The molecule has 26 heavy (non-hydrogen) atoms. The Kier molecular flexibility index (Phi) is 7.37. The minimum Gasteiger partial charge on any atom is -0.337 e. The third-order valence-electron chi connectivity index (χ3n) is 3.63. The molecule has 2 rings (SSSR count). The highest BCUT2D eigenvalue weighted by molar-refractivity contribution is 7.99. The van der Waals surface area contributed by atoms with Crippen molar-refractivity contribution in [1.29, 1.82) is 0 Å². The largest absolute Gasteiger partial charge is 0.337 e. The van der Waals surface area contributed by atoms with Crippen LogP contribution in [0, 0.1) is 0 Å². The Morgan fingerprint density at radius 2 is 1.73 bits per heavy atom. The van der Waals surface area contributed by atoms with Gasteiger partial charge < -0.3 is 10.6 Å². The molecule has 0 bridgehead atoms. The van der Waals surface area contributed by atoms with Crippen LogP contribution in [0.2, 0.25) is 5.02 Å². The Hall–Kier alpha value is -1.70. The zero-order valence-electron chi connectivity index (χ0n) is 14.5. The van der Waals surface area contributed by atoms with Crippen molar-refractivity contribution in [3.05, 3.63) is 59.1 Å². The van der Waals surface area contributed by atoms with E-state index in [4.69, 9.17) is 11.6 Å². The lowest BCUT2D eigenvalue weighted by molar-refractivity contribution is 0.238. The van der Waals surface area contributed by atoms with Crippen molar-refractivity contribution < 1.29 is 13.2 Å². The number of nitrogens with one attached hydrogen (secondary N) is 2. The Labute approximate surface area is 163 Å². The van der Waals surface area contributed by atoms with Gasteiger partial charge in [-0.05, 0) is 48.9 Å². The minimum absolute atomic E-state index is 0.229. The molecule has 0 spiro atoms. The van der Waals surface area contributed by atoms with Gasteiger partial charge in [0.2, 0.25) is 0 Å². The molecule has 0 aromatic heterocycles. The number of rotatable bonds is 7. The van der Waals surface area contributed by atoms with Crippen molar-refractivity contribution in [2.75, 3.05) is 18.6 Å². The highest BCUT2D eigenvalue weighted by Gasteiger charge is 2.11. The molecule has 0 heterocycles. The molecule has 0 radical (unpaired) electrons. The monoisotopic (exact) mass is 412 g/mol. The van der Waals surface area contributed by atoms with Crippen LogP contribution in [0.4, 0.5) is 4.79 Å². The van der Waals surface area contributed by atoms with Crippen molar-refractivity contribution in [3.63, 3.8) is 0 Å². The lowest BCUT2D eigenvalue weighted by Gasteiger charge is -2.15. The zero-order chi connectivity index (χ0) is 19.2. The highest BCUT2D eigenvalue weighted by atomic mass is 35.5. The number of urea groups is 1. The molecule has 0 saturated heterocycles. The number of carbonyl (C=O) groups excluding carboxylic acids is 1. The first kappa shape index (κ1) is 20.6. The van der Waals surface area contributed by atoms with Crippen LogP contribution >= 0.6 is 23.4 Å². The number of amides is 2. The number of hydrogen-bond acceptors (Lipinski definition) is 4. The molecule has 2 amide bonds. The predicted molar refractivity (Wildman–Crippen MR) is 107 cm³/mol. The van der Waals surface area contributed by atoms with E-state index in [1.807, 2.05) is 31.2 Å². The lowest BCUT2D eigenvalue weighted by Crippen LogP contribution is -2.38. The van der Waals surface area contributed by atoms with Gasteiger partial charge in [0.15, 0.2) is 9.84 Å². The van der Waals surface area contributed by atoms with Gasteiger partial charge in [-0.2, -0.15) is 0 Å². The molecule has 8 heteroatoms. The molecule has 140 valence electrons. The number of benzene rings is 2. The van der Waals surface area contributed by atoms with E-state index in [1.165, 1.54) is 6.26 Å². The molecule has 0 saturated carbocycles. The lowest BCUT2D eigenvalue weighted by atomic mass is 10.1. The summed E-state index contributed by atoms with van der Waals surface area (Å²) in [6, 6.07) is 13.6. The van der Waals surface area contributed by atoms with E-state index in [2.05, 4.69) is 10.6 Å². The topological polar surface area (TPSA) is 75.3 Å². The van der Waals surface area contributed by atoms with Gasteiger partial charge in [-0.25, -0.2) is 13.2 Å². The van der Waals surface area contributed by atoms with Gasteiger partial charge in [0.05, 0.1) is 10.9 Å². The molecular weight excluding hydrogens is 392 g/mol. The van der Waals surface area contributed by atoms with E-state index < -0.39 is 9.84 Å². The average molecular weight is 413 g/mol. The van der Waals surface area contributed by atoms with Crippen molar-refractivity contribution in [2.24, 2.45) is 0 Å². The van der Waals surface area contributed by atoms with Crippen molar-refractivity contribution in [2.45, 2.75) is 22.8 Å². The van der Waals surface area contributed by atoms with E-state index in [0.29, 0.717) is 11.6 Å². The average Bonchev–Trinajstić information content (AvgIpc) is 2.59. The van der Waals surface area contributed by atoms with Crippen LogP contribution in [0.25, 0.3) is 0 Å². The molecular formula is C18H21ClN2O3S2. The molecule has 0 aliphatic carbocycles. The van der Waals surface area contributed by atoms with Gasteiger partial charge in [-0.3, -0.25) is 0 Å². The smallest absolute Gasteiger partial charge is 0.315 e. The summed E-state index contributed by atoms with van der Waals surface area (Å²) in [5.74, 6) is 0.743. The summed E-state index contributed by atoms with van der Waals surface area (Å²) < 4.78 is 22.9. The van der Waals surface area contributed by atoms with E-state index in [0.717, 1.165) is 16.2 Å². The summed E-state index contributed by atoms with van der Waals surface area (Å²) in [6.07, 6.45) is 1.17. The highest BCUT2D eigenvalue weighted by Crippen LogP contribution is 2.19. The number of halogens is 1. The SMILES string of the molecule is C[C@H](NC(=O)NCCSc1ccc(Cl)cc1)c1ccc(S(C)(=O)=O)cc1. The molecule has 1 atom stereocenters. The zero-order valence-corrected chi connectivity index (χ0v) is 16.9. The van der Waals surface area contributed by atoms with Crippen molar-refractivity contribution in [1.82, 2.24) is 10.6 Å². The van der Waals surface area contributed by atoms with Gasteiger partial charge in [-0.15, -0.1) is 11.8 Å². The van der Waals surface area contributed by atoms with Gasteiger partial charge in [0.25, 0.3) is 0 Å². The normalized spacial score (nSPS) is 12.4. The molecule has 0 aliphatic heterocycles. The number of carbonyl (C=O) groups is 1. The minimum atomic E-state index is -3.22. The third-order valence-corrected chi connectivity index (χ3v) is 6.02. The second-order valence-electron chi connectivity index (χ2n) is 5.77. The fraction of sp³-hybridized carbons (Fsp3) is 0.278. The van der Waals surface area contributed by atoms with E-state index in [9.17, 15) is 13.2 Å². The molecule has 2 aromatic carbocycles. The van der Waals surface area contributed by atoms with Gasteiger partial charge in [0.1, 0.15) is 0 Å². The Morgan fingerprint density at radius 1 is 1.12 bits per heavy atom. The van der Waals surface area contributed by atoms with Crippen LogP contribution in [0.3, 0.4) is 0 Å². The first-order valence-corrected chi connectivity index (χ1v) is 11.2. The maximum atomic E-state index is 12.0. The fourth-order valence-electron chi connectivity index (χ4n) is 2.20. The number of hydrogen-bond donors (Lipinski definition) is 2. The summed E-state index contributed by atoms with van der Waals surface area (Å²) in [4.78, 5) is 13.3. The van der Waals surface area contributed by atoms with Crippen LogP contribution in [0.5, 0.6) is 0 Å². The third kappa shape index (κ3) is 6.55. The summed E-state index contributed by atoms with van der Waals surface area (Å²) in [5.41, 5.74) is 0.836. The van der Waals surface area contributed by atoms with Crippen LogP contribution in [-0.4, -0.2) is 33.0 Å². The molecule has 0 fully saturated rings.